The fourth-order valence-corrected chi connectivity index (χ4v) is 9.13. The molecular weight excluding hydrogens is 950 g/mol. The maximum absolute atomic E-state index is 13.2. The number of anilines is 4. The fourth-order valence-electron chi connectivity index (χ4n) is 8.94. The monoisotopic (exact) mass is 1010 g/mol. The minimum atomic E-state index is -1.02. The zero-order valence-electron chi connectivity index (χ0n) is 40.4. The number of aromatic nitrogens is 3. The molecule has 3 aliphatic heterocycles. The van der Waals surface area contributed by atoms with Gasteiger partial charge in [0.2, 0.25) is 23.7 Å². The van der Waals surface area contributed by atoms with Gasteiger partial charge in [-0.05, 0) is 49.6 Å². The van der Waals surface area contributed by atoms with E-state index in [2.05, 4.69) is 30.8 Å². The molecule has 4 N–H and O–H groups in total. The van der Waals surface area contributed by atoms with Gasteiger partial charge < -0.3 is 53.8 Å². The van der Waals surface area contributed by atoms with E-state index in [9.17, 15) is 24.0 Å². The first-order valence-electron chi connectivity index (χ1n) is 24.1. The highest BCUT2D eigenvalue weighted by atomic mass is 35.5. The van der Waals surface area contributed by atoms with Gasteiger partial charge in [-0.1, -0.05) is 35.9 Å². The van der Waals surface area contributed by atoms with Crippen molar-refractivity contribution in [3.05, 3.63) is 89.2 Å². The molecule has 3 aromatic carbocycles. The van der Waals surface area contributed by atoms with Crippen LogP contribution < -0.4 is 25.6 Å². The van der Waals surface area contributed by atoms with Gasteiger partial charge in [0.15, 0.2) is 0 Å². The first kappa shape index (κ1) is 51.7. The number of benzene rings is 3. The summed E-state index contributed by atoms with van der Waals surface area (Å²) < 4.78 is 33.8. The van der Waals surface area contributed by atoms with Gasteiger partial charge in [0, 0.05) is 79.2 Å². The van der Waals surface area contributed by atoms with Crippen LogP contribution in [-0.4, -0.2) is 166 Å². The molecule has 0 bridgehead atoms. The van der Waals surface area contributed by atoms with Crippen molar-refractivity contribution in [2.45, 2.75) is 44.2 Å². The highest BCUT2D eigenvalue weighted by molar-refractivity contribution is 6.33. The number of carbonyl (C=O) groups is 5. The van der Waals surface area contributed by atoms with Gasteiger partial charge in [-0.15, -0.1) is 0 Å². The first-order chi connectivity index (χ1) is 35.1. The highest BCUT2D eigenvalue weighted by Gasteiger charge is 2.45. The normalized spacial score (nSPS) is 16.1. The quantitative estimate of drug-likeness (QED) is 0.0399. The Hall–Kier alpha value is -6.68. The van der Waals surface area contributed by atoms with Crippen LogP contribution in [0.3, 0.4) is 0 Å². The SMILES string of the molecule is COc1cc(N2CCC(N(C)C(=O)CCOCCOCCOCCOCCOCCNc3cccc4c3C(=O)N(C3CCC(=O)NC3=O)C4=O)CC2)ccc1Nc1ncc(Cl)c(-c2c[nH]c3ccccc23)n1. The van der Waals surface area contributed by atoms with E-state index in [1.54, 1.807) is 31.5 Å². The molecular formula is C51H60ClN9O11. The maximum Gasteiger partial charge on any atom is 0.264 e. The van der Waals surface area contributed by atoms with Crippen LogP contribution in [0.2, 0.25) is 5.02 Å². The molecule has 0 saturated carbocycles. The van der Waals surface area contributed by atoms with E-state index in [1.165, 1.54) is 0 Å². The number of H-pyrrole nitrogens is 1. The van der Waals surface area contributed by atoms with Crippen molar-refractivity contribution in [2.75, 3.05) is 115 Å². The predicted octanol–water partition coefficient (Wildman–Crippen LogP) is 5.44. The zero-order chi connectivity index (χ0) is 50.4. The number of piperidine rings is 2. The summed E-state index contributed by atoms with van der Waals surface area (Å²) in [4.78, 5) is 80.8. The van der Waals surface area contributed by atoms with Crippen molar-refractivity contribution >= 4 is 75.1 Å². The van der Waals surface area contributed by atoms with Crippen LogP contribution in [0.4, 0.5) is 23.0 Å². The summed E-state index contributed by atoms with van der Waals surface area (Å²) in [7, 11) is 3.50. The van der Waals surface area contributed by atoms with Gasteiger partial charge in [0.25, 0.3) is 11.8 Å². The number of ether oxygens (including phenoxy) is 6. The number of amides is 5. The number of nitrogens with one attached hydrogen (secondary N) is 4. The molecule has 20 nitrogen and oxygen atoms in total. The van der Waals surface area contributed by atoms with Gasteiger partial charge in [-0.2, -0.15) is 0 Å². The van der Waals surface area contributed by atoms with Crippen LogP contribution in [0.15, 0.2) is 73.1 Å². The standard InChI is InChI=1S/C51H60ClN9O11/c1-59(33-14-18-60(19-15-33)34-10-11-40(43(30-34)67-2)56-51-55-32-38(52)47(58-51)37-31-54-39-8-4-3-6-35(37)39)45(63)16-20-68-22-24-70-26-28-72-29-27-71-25-23-69-21-17-53-41-9-5-7-36-46(41)50(66)61(49(36)65)42-12-13-44(62)57-48(42)64/h3-11,30-33,42,53-54H,12-29H2,1-2H3,(H,55,56,58)(H,57,62,64). The summed E-state index contributed by atoms with van der Waals surface area (Å²) in [6.07, 6.45) is 5.61. The van der Waals surface area contributed by atoms with Crippen molar-refractivity contribution < 1.29 is 52.4 Å². The van der Waals surface area contributed by atoms with Gasteiger partial charge in [-0.25, -0.2) is 9.97 Å². The molecule has 2 aromatic heterocycles. The smallest absolute Gasteiger partial charge is 0.264 e. The van der Waals surface area contributed by atoms with Gasteiger partial charge in [-0.3, -0.25) is 34.2 Å². The van der Waals surface area contributed by atoms with E-state index in [1.807, 2.05) is 60.6 Å². The molecule has 0 aliphatic carbocycles. The van der Waals surface area contributed by atoms with E-state index >= 15 is 0 Å². The minimum Gasteiger partial charge on any atom is -0.494 e. The summed E-state index contributed by atoms with van der Waals surface area (Å²) >= 11 is 6.56. The van der Waals surface area contributed by atoms with Gasteiger partial charge in [0.05, 0.1) is 113 Å². The van der Waals surface area contributed by atoms with Crippen molar-refractivity contribution in [1.29, 1.82) is 0 Å². The summed E-state index contributed by atoms with van der Waals surface area (Å²) in [5, 5.41) is 10.1. The lowest BCUT2D eigenvalue weighted by atomic mass is 10.0. The summed E-state index contributed by atoms with van der Waals surface area (Å²) in [6, 6.07) is 18.0. The lowest BCUT2D eigenvalue weighted by Crippen LogP contribution is -2.54. The van der Waals surface area contributed by atoms with Gasteiger partial charge >= 0.3 is 0 Å². The Morgan fingerprint density at radius 3 is 2.21 bits per heavy atom. The molecule has 2 fully saturated rings. The second-order valence-electron chi connectivity index (χ2n) is 17.3. The molecule has 382 valence electrons. The number of halogens is 1. The minimum absolute atomic E-state index is 0.0509. The van der Waals surface area contributed by atoms with E-state index in [-0.39, 0.29) is 35.9 Å². The summed E-state index contributed by atoms with van der Waals surface area (Å²) in [6.45, 7) is 5.67. The molecule has 5 heterocycles. The second kappa shape index (κ2) is 25.1. The lowest BCUT2D eigenvalue weighted by Gasteiger charge is -2.38. The van der Waals surface area contributed by atoms with Crippen LogP contribution in [-0.2, 0) is 38.1 Å². The fraction of sp³-hybridized carbons (Fsp3) is 0.431. The molecule has 5 amide bonds. The van der Waals surface area contributed by atoms with Gasteiger partial charge in [0.1, 0.15) is 11.8 Å². The zero-order valence-corrected chi connectivity index (χ0v) is 41.2. The van der Waals surface area contributed by atoms with Crippen LogP contribution in [0.25, 0.3) is 22.2 Å². The Morgan fingerprint density at radius 1 is 0.806 bits per heavy atom. The largest absolute Gasteiger partial charge is 0.494 e. The van der Waals surface area contributed by atoms with E-state index in [0.29, 0.717) is 107 Å². The number of hydrogen-bond acceptors (Lipinski definition) is 16. The van der Waals surface area contributed by atoms with E-state index in [4.69, 9.17) is 45.0 Å². The third-order valence-electron chi connectivity index (χ3n) is 12.8. The molecule has 21 heteroatoms. The lowest BCUT2D eigenvalue weighted by molar-refractivity contribution is -0.136. The van der Waals surface area contributed by atoms with E-state index in [0.717, 1.165) is 58.7 Å². The number of imide groups is 2. The topological polar surface area (TPSA) is 228 Å². The number of carbonyl (C=O) groups excluding carboxylic acids is 5. The Labute approximate surface area is 421 Å². The number of hydrogen-bond donors (Lipinski definition) is 4. The number of fused-ring (bicyclic) bond motifs is 2. The van der Waals surface area contributed by atoms with Crippen molar-refractivity contribution in [3.63, 3.8) is 0 Å². The average Bonchev–Trinajstić information content (AvgIpc) is 3.94. The first-order valence-corrected chi connectivity index (χ1v) is 24.5. The van der Waals surface area contributed by atoms with Crippen LogP contribution in [0, 0.1) is 0 Å². The summed E-state index contributed by atoms with van der Waals surface area (Å²) in [5.41, 5.74) is 5.14. The molecule has 0 radical (unpaired) electrons. The predicted molar refractivity (Wildman–Crippen MR) is 269 cm³/mol. The molecule has 0 spiro atoms. The van der Waals surface area contributed by atoms with Crippen LogP contribution >= 0.6 is 11.6 Å². The number of aromatic amines is 1. The second-order valence-corrected chi connectivity index (χ2v) is 17.7. The van der Waals surface area contributed by atoms with E-state index < -0.39 is 29.7 Å². The summed E-state index contributed by atoms with van der Waals surface area (Å²) in [5.74, 6) is -1.10. The molecule has 1 atom stereocenters. The van der Waals surface area contributed by atoms with Crippen LogP contribution in [0.1, 0.15) is 52.8 Å². The third kappa shape index (κ3) is 12.7. The number of para-hydroxylation sites is 1. The third-order valence-corrected chi connectivity index (χ3v) is 13.0. The number of rotatable bonds is 26. The molecule has 2 saturated heterocycles. The van der Waals surface area contributed by atoms with Crippen LogP contribution in [0.5, 0.6) is 5.75 Å². The Kier molecular flexibility index (Phi) is 18.0. The maximum atomic E-state index is 13.2. The molecule has 3 aliphatic rings. The Morgan fingerprint density at radius 2 is 1.50 bits per heavy atom. The molecule has 8 rings (SSSR count). The average molecular weight is 1010 g/mol. The van der Waals surface area contributed by atoms with Crippen molar-refractivity contribution in [3.8, 4) is 17.0 Å². The number of nitrogens with zero attached hydrogens (tertiary/aromatic N) is 5. The van der Waals surface area contributed by atoms with Crippen molar-refractivity contribution in [1.82, 2.24) is 30.1 Å². The van der Waals surface area contributed by atoms with Crippen molar-refractivity contribution in [2.24, 2.45) is 0 Å². The molecule has 1 unspecified atom stereocenters. The molecule has 5 aromatic rings. The number of methoxy groups -OCH3 is 1. The Balaban J connectivity index is 0.626. The molecule has 72 heavy (non-hydrogen) atoms. The Bertz CT molecular complexity index is 2710. The highest BCUT2D eigenvalue weighted by Crippen LogP contribution is 2.36.